The van der Waals surface area contributed by atoms with E-state index >= 15 is 0 Å². The van der Waals surface area contributed by atoms with Crippen LogP contribution < -0.4 is 5.32 Å². The van der Waals surface area contributed by atoms with Crippen LogP contribution in [0.4, 0.5) is 0 Å². The largest absolute Gasteiger partial charge is 0.472 e. The van der Waals surface area contributed by atoms with Gasteiger partial charge in [-0.3, -0.25) is 13.8 Å². The van der Waals surface area contributed by atoms with Crippen molar-refractivity contribution in [1.82, 2.24) is 5.32 Å². The first-order chi connectivity index (χ1) is 28.5. The molecule has 0 aliphatic carbocycles. The monoisotopic (exact) mass is 852 g/mol. The molecule has 0 aromatic heterocycles. The molecule has 0 spiro atoms. The highest BCUT2D eigenvalue weighted by molar-refractivity contribution is 7.47. The molecule has 0 radical (unpaired) electrons. The van der Waals surface area contributed by atoms with Crippen LogP contribution in [0.2, 0.25) is 0 Å². The van der Waals surface area contributed by atoms with Crippen molar-refractivity contribution in [3.05, 3.63) is 48.6 Å². The van der Waals surface area contributed by atoms with Gasteiger partial charge in [0.1, 0.15) is 13.2 Å². The summed E-state index contributed by atoms with van der Waals surface area (Å²) in [6.07, 6.45) is 53.2. The van der Waals surface area contributed by atoms with Crippen LogP contribution in [-0.4, -0.2) is 73.4 Å². The SMILES string of the molecule is CCCCC/C=C\C/C=C\C/C=C\CCCCCCCCC(=O)NC(COP(=O)(O)OCC[N+](C)(C)C)C(O)/C=C/CCCCCCCCCCCCCCCCCC. The summed E-state index contributed by atoms with van der Waals surface area (Å²) < 4.78 is 23.6. The molecule has 0 aliphatic heterocycles. The lowest BCUT2D eigenvalue weighted by molar-refractivity contribution is -0.870. The third kappa shape index (κ3) is 44.3. The number of nitrogens with one attached hydrogen (secondary N) is 1. The smallest absolute Gasteiger partial charge is 0.387 e. The van der Waals surface area contributed by atoms with Crippen LogP contribution in [0.5, 0.6) is 0 Å². The summed E-state index contributed by atoms with van der Waals surface area (Å²) in [4.78, 5) is 23.2. The van der Waals surface area contributed by atoms with Gasteiger partial charge in [-0.15, -0.1) is 0 Å². The van der Waals surface area contributed by atoms with Gasteiger partial charge in [0.25, 0.3) is 0 Å². The van der Waals surface area contributed by atoms with Crippen LogP contribution in [0, 0.1) is 0 Å². The Bertz CT molecular complexity index is 1100. The van der Waals surface area contributed by atoms with E-state index in [1.54, 1.807) is 6.08 Å². The van der Waals surface area contributed by atoms with E-state index in [9.17, 15) is 19.4 Å². The van der Waals surface area contributed by atoms with Crippen LogP contribution in [0.25, 0.3) is 0 Å². The maximum Gasteiger partial charge on any atom is 0.472 e. The zero-order valence-corrected chi connectivity index (χ0v) is 40.1. The zero-order valence-electron chi connectivity index (χ0n) is 39.2. The van der Waals surface area contributed by atoms with E-state index < -0.39 is 20.0 Å². The molecule has 8 nitrogen and oxygen atoms in total. The molecule has 1 amide bonds. The predicted octanol–water partition coefficient (Wildman–Crippen LogP) is 14.0. The van der Waals surface area contributed by atoms with Gasteiger partial charge in [-0.2, -0.15) is 0 Å². The van der Waals surface area contributed by atoms with E-state index in [4.69, 9.17) is 9.05 Å². The Labute approximate surface area is 365 Å². The van der Waals surface area contributed by atoms with Gasteiger partial charge in [0.2, 0.25) is 5.91 Å². The highest BCUT2D eigenvalue weighted by atomic mass is 31.2. The van der Waals surface area contributed by atoms with Gasteiger partial charge in [0, 0.05) is 6.42 Å². The molecule has 3 N–H and O–H groups in total. The molecule has 3 atom stereocenters. The highest BCUT2D eigenvalue weighted by Crippen LogP contribution is 2.43. The molecule has 0 rings (SSSR count). The summed E-state index contributed by atoms with van der Waals surface area (Å²) in [7, 11) is 1.56. The third-order valence-electron chi connectivity index (χ3n) is 10.8. The van der Waals surface area contributed by atoms with E-state index in [1.165, 1.54) is 128 Å². The van der Waals surface area contributed by atoms with Crippen molar-refractivity contribution in [2.45, 2.75) is 225 Å². The van der Waals surface area contributed by atoms with E-state index in [0.717, 1.165) is 64.2 Å². The number of carbonyl (C=O) groups excluding carboxylic acids is 1. The standard InChI is InChI=1S/C50H95N2O6P/c1-6-8-10-12-14-16-18-20-22-24-26-28-30-32-34-36-38-40-42-44-50(54)51-48(47-58-59(55,56)57-46-45-52(3,4)5)49(53)43-41-39-37-35-33-31-29-27-25-23-21-19-17-15-13-11-9-7-2/h14,16,20,22,26,28,41,43,48-49,53H,6-13,15,17-19,21,23-25,27,29-40,42,44-47H2,1-5H3,(H-,51,54,55,56)/p+1/b16-14-,22-20-,28-26-,43-41+. The molecule has 0 fully saturated rings. The minimum absolute atomic E-state index is 0.0575. The van der Waals surface area contributed by atoms with Gasteiger partial charge in [-0.1, -0.05) is 197 Å². The fourth-order valence-electron chi connectivity index (χ4n) is 6.87. The average Bonchev–Trinajstić information content (AvgIpc) is 3.19. The lowest BCUT2D eigenvalue weighted by Gasteiger charge is -2.25. The Hall–Kier alpha value is -1.54. The molecule has 0 aromatic carbocycles. The lowest BCUT2D eigenvalue weighted by Crippen LogP contribution is -2.45. The molecular formula is C50H96N2O6P+. The Morgan fingerprint density at radius 1 is 0.576 bits per heavy atom. The van der Waals surface area contributed by atoms with Crippen molar-refractivity contribution in [2.75, 3.05) is 40.9 Å². The van der Waals surface area contributed by atoms with Crippen molar-refractivity contribution < 1.29 is 32.9 Å². The van der Waals surface area contributed by atoms with Crippen molar-refractivity contribution in [3.8, 4) is 0 Å². The van der Waals surface area contributed by atoms with E-state index in [-0.39, 0.29) is 19.1 Å². The number of hydrogen-bond acceptors (Lipinski definition) is 5. The second-order valence-electron chi connectivity index (χ2n) is 17.8. The molecule has 9 heteroatoms. The number of rotatable bonds is 44. The molecule has 0 heterocycles. The number of likely N-dealkylation sites (N-methyl/N-ethyl adjacent to an activating group) is 1. The Morgan fingerprint density at radius 3 is 1.44 bits per heavy atom. The van der Waals surface area contributed by atoms with Gasteiger partial charge in [0.15, 0.2) is 0 Å². The topological polar surface area (TPSA) is 105 Å². The molecule has 0 aliphatic rings. The molecular weight excluding hydrogens is 756 g/mol. The maximum atomic E-state index is 12.9. The van der Waals surface area contributed by atoms with Crippen LogP contribution in [0.1, 0.15) is 213 Å². The van der Waals surface area contributed by atoms with Crippen LogP contribution >= 0.6 is 7.82 Å². The quantitative estimate of drug-likeness (QED) is 0.0244. The lowest BCUT2D eigenvalue weighted by atomic mass is 10.0. The molecule has 3 unspecified atom stereocenters. The van der Waals surface area contributed by atoms with Gasteiger partial charge >= 0.3 is 7.82 Å². The van der Waals surface area contributed by atoms with E-state index in [0.29, 0.717) is 17.4 Å². The number of phosphoric acid groups is 1. The number of hydrogen-bond donors (Lipinski definition) is 3. The zero-order chi connectivity index (χ0) is 43.6. The van der Waals surface area contributed by atoms with Gasteiger partial charge in [-0.05, 0) is 57.8 Å². The normalized spacial score (nSPS) is 14.6. The Balaban J connectivity index is 4.39. The number of allylic oxidation sites excluding steroid dienone is 7. The molecule has 0 aromatic rings. The summed E-state index contributed by atoms with van der Waals surface area (Å²) in [5, 5.41) is 13.9. The summed E-state index contributed by atoms with van der Waals surface area (Å²) in [5.74, 6) is -0.190. The number of phosphoric ester groups is 1. The third-order valence-corrected chi connectivity index (χ3v) is 11.8. The molecule has 59 heavy (non-hydrogen) atoms. The fraction of sp³-hybridized carbons (Fsp3) is 0.820. The van der Waals surface area contributed by atoms with Crippen LogP contribution in [0.15, 0.2) is 48.6 Å². The average molecular weight is 852 g/mol. The van der Waals surface area contributed by atoms with E-state index in [2.05, 4.69) is 55.6 Å². The van der Waals surface area contributed by atoms with Gasteiger partial charge in [-0.25, -0.2) is 4.57 Å². The number of unbranched alkanes of at least 4 members (excludes halogenated alkanes) is 25. The summed E-state index contributed by atoms with van der Waals surface area (Å²) in [5.41, 5.74) is 0. The molecule has 0 saturated heterocycles. The first-order valence-electron chi connectivity index (χ1n) is 24.5. The maximum absolute atomic E-state index is 12.9. The van der Waals surface area contributed by atoms with Crippen LogP contribution in [-0.2, 0) is 18.4 Å². The number of aliphatic hydroxyl groups is 1. The van der Waals surface area contributed by atoms with Crippen molar-refractivity contribution in [1.29, 1.82) is 0 Å². The summed E-state index contributed by atoms with van der Waals surface area (Å²) in [6.45, 7) is 4.78. The number of quaternary nitrogens is 1. The predicted molar refractivity (Wildman–Crippen MR) is 254 cm³/mol. The number of amides is 1. The molecule has 0 bridgehead atoms. The minimum Gasteiger partial charge on any atom is -0.387 e. The minimum atomic E-state index is -4.35. The molecule has 0 saturated carbocycles. The van der Waals surface area contributed by atoms with Gasteiger partial charge < -0.3 is 19.8 Å². The van der Waals surface area contributed by atoms with Crippen molar-refractivity contribution in [3.63, 3.8) is 0 Å². The number of carbonyl (C=O) groups is 1. The number of nitrogens with zero attached hydrogens (tertiary/aromatic N) is 1. The van der Waals surface area contributed by atoms with Crippen molar-refractivity contribution in [2.24, 2.45) is 0 Å². The first-order valence-corrected chi connectivity index (χ1v) is 26.0. The highest BCUT2D eigenvalue weighted by Gasteiger charge is 2.27. The van der Waals surface area contributed by atoms with Crippen LogP contribution in [0.3, 0.4) is 0 Å². The van der Waals surface area contributed by atoms with E-state index in [1.807, 2.05) is 27.2 Å². The van der Waals surface area contributed by atoms with Gasteiger partial charge in [0.05, 0.1) is 39.9 Å². The summed E-state index contributed by atoms with van der Waals surface area (Å²) >= 11 is 0. The van der Waals surface area contributed by atoms with Crippen molar-refractivity contribution >= 4 is 13.7 Å². The molecule has 346 valence electrons. The Morgan fingerprint density at radius 2 is 0.966 bits per heavy atom. The number of aliphatic hydroxyl groups excluding tert-OH is 1. The second-order valence-corrected chi connectivity index (χ2v) is 19.3. The first kappa shape index (κ1) is 57.5. The second kappa shape index (κ2) is 41.8. The fourth-order valence-corrected chi connectivity index (χ4v) is 7.61. The summed E-state index contributed by atoms with van der Waals surface area (Å²) in [6, 6.07) is -0.854. The Kier molecular flexibility index (Phi) is 40.7.